The number of ether oxygens (including phenoxy) is 1. The lowest BCUT2D eigenvalue weighted by atomic mass is 9.68. The van der Waals surface area contributed by atoms with Gasteiger partial charge in [-0.15, -0.1) is 0 Å². The van der Waals surface area contributed by atoms with E-state index in [2.05, 4.69) is 15.2 Å². The molecule has 0 atom stereocenters. The number of hydrogen-bond donors (Lipinski definition) is 1. The molecule has 0 amide bonds. The van der Waals surface area contributed by atoms with Crippen LogP contribution in [0.2, 0.25) is 5.02 Å². The van der Waals surface area contributed by atoms with Crippen LogP contribution < -0.4 is 10.1 Å². The summed E-state index contributed by atoms with van der Waals surface area (Å²) in [4.78, 5) is 6.84. The predicted molar refractivity (Wildman–Crippen MR) is 90.7 cm³/mol. The standard InChI is InChI=1S/C17H24ClN3O/c1-19-16(21-9-8-17(12-21)6-3-7-17)20-11-13-4-5-14(18)10-15(13)22-2/h4-5,10H,3,6-9,11-12H2,1-2H3,(H,19,20). The zero-order chi connectivity index (χ0) is 15.6. The maximum absolute atomic E-state index is 6.01. The van der Waals surface area contributed by atoms with Gasteiger partial charge in [0.25, 0.3) is 0 Å². The minimum absolute atomic E-state index is 0.579. The summed E-state index contributed by atoms with van der Waals surface area (Å²) in [6, 6.07) is 5.74. The van der Waals surface area contributed by atoms with Crippen LogP contribution in [0, 0.1) is 5.41 Å². The second-order valence-electron chi connectivity index (χ2n) is 6.38. The van der Waals surface area contributed by atoms with Crippen molar-refractivity contribution < 1.29 is 4.74 Å². The van der Waals surface area contributed by atoms with Crippen molar-refractivity contribution in [2.75, 3.05) is 27.2 Å². The molecule has 5 heteroatoms. The molecule has 22 heavy (non-hydrogen) atoms. The van der Waals surface area contributed by atoms with E-state index >= 15 is 0 Å². The third kappa shape index (κ3) is 3.02. The molecule has 4 nitrogen and oxygen atoms in total. The highest BCUT2D eigenvalue weighted by atomic mass is 35.5. The number of likely N-dealkylation sites (tertiary alicyclic amines) is 1. The molecule has 0 bridgehead atoms. The molecular weight excluding hydrogens is 298 g/mol. The maximum Gasteiger partial charge on any atom is 0.193 e. The first-order chi connectivity index (χ1) is 10.7. The minimum Gasteiger partial charge on any atom is -0.496 e. The SMILES string of the molecule is CN=C(NCc1ccc(Cl)cc1OC)N1CCC2(CCC2)C1. The third-order valence-electron chi connectivity index (χ3n) is 5.05. The van der Waals surface area contributed by atoms with Crippen LogP contribution in [-0.2, 0) is 6.54 Å². The second kappa shape index (κ2) is 6.37. The van der Waals surface area contributed by atoms with Gasteiger partial charge >= 0.3 is 0 Å². The lowest BCUT2D eigenvalue weighted by Crippen LogP contribution is -2.42. The molecule has 1 aliphatic carbocycles. The number of aliphatic imine (C=N–C) groups is 1. The first-order valence-electron chi connectivity index (χ1n) is 7.94. The maximum atomic E-state index is 6.01. The zero-order valence-electron chi connectivity index (χ0n) is 13.4. The second-order valence-corrected chi connectivity index (χ2v) is 6.82. The van der Waals surface area contributed by atoms with Crippen molar-refractivity contribution in [3.8, 4) is 5.75 Å². The van der Waals surface area contributed by atoms with E-state index in [1.54, 1.807) is 7.11 Å². The normalized spacial score (nSPS) is 20.1. The molecule has 120 valence electrons. The molecule has 0 unspecified atom stereocenters. The number of nitrogens with one attached hydrogen (secondary N) is 1. The number of guanidine groups is 1. The molecule has 1 heterocycles. The Hall–Kier alpha value is -1.42. The van der Waals surface area contributed by atoms with Crippen molar-refractivity contribution in [1.82, 2.24) is 10.2 Å². The Bertz CT molecular complexity index is 569. The Morgan fingerprint density at radius 1 is 1.41 bits per heavy atom. The Morgan fingerprint density at radius 2 is 2.23 bits per heavy atom. The molecule has 0 radical (unpaired) electrons. The lowest BCUT2D eigenvalue weighted by molar-refractivity contribution is 0.151. The molecule has 1 aromatic rings. The van der Waals surface area contributed by atoms with E-state index in [9.17, 15) is 0 Å². The topological polar surface area (TPSA) is 36.9 Å². The van der Waals surface area contributed by atoms with Crippen molar-refractivity contribution in [2.24, 2.45) is 10.4 Å². The first kappa shape index (κ1) is 15.5. The van der Waals surface area contributed by atoms with Gasteiger partial charge in [-0.3, -0.25) is 4.99 Å². The summed E-state index contributed by atoms with van der Waals surface area (Å²) in [6.45, 7) is 2.94. The summed E-state index contributed by atoms with van der Waals surface area (Å²) < 4.78 is 5.40. The van der Waals surface area contributed by atoms with Gasteiger partial charge in [-0.2, -0.15) is 0 Å². The zero-order valence-corrected chi connectivity index (χ0v) is 14.1. The molecule has 1 saturated heterocycles. The third-order valence-corrected chi connectivity index (χ3v) is 5.29. The smallest absolute Gasteiger partial charge is 0.193 e. The van der Waals surface area contributed by atoms with Gasteiger partial charge in [0.15, 0.2) is 5.96 Å². The van der Waals surface area contributed by atoms with E-state index in [1.807, 2.05) is 25.2 Å². The van der Waals surface area contributed by atoms with E-state index < -0.39 is 0 Å². The molecule has 1 N–H and O–H groups in total. The molecule has 2 fully saturated rings. The Balaban J connectivity index is 1.62. The summed E-state index contributed by atoms with van der Waals surface area (Å²) in [5, 5.41) is 4.15. The van der Waals surface area contributed by atoms with Crippen LogP contribution in [0.4, 0.5) is 0 Å². The Labute approximate surface area is 137 Å². The summed E-state index contributed by atoms with van der Waals surface area (Å²) in [7, 11) is 3.53. The van der Waals surface area contributed by atoms with Gasteiger partial charge in [0.1, 0.15) is 5.75 Å². The number of hydrogen-bond acceptors (Lipinski definition) is 2. The van der Waals surface area contributed by atoms with Crippen LogP contribution in [0.5, 0.6) is 5.75 Å². The summed E-state index contributed by atoms with van der Waals surface area (Å²) in [5.41, 5.74) is 1.67. The average Bonchev–Trinajstić information content (AvgIpc) is 2.94. The highest BCUT2D eigenvalue weighted by molar-refractivity contribution is 6.30. The monoisotopic (exact) mass is 321 g/mol. The number of methoxy groups -OCH3 is 1. The fourth-order valence-electron chi connectivity index (χ4n) is 3.57. The van der Waals surface area contributed by atoms with E-state index in [-0.39, 0.29) is 0 Å². The Morgan fingerprint density at radius 3 is 2.82 bits per heavy atom. The molecule has 3 rings (SSSR count). The highest BCUT2D eigenvalue weighted by Crippen LogP contribution is 2.47. The van der Waals surface area contributed by atoms with Crippen molar-refractivity contribution in [3.63, 3.8) is 0 Å². The van der Waals surface area contributed by atoms with Gasteiger partial charge in [-0.1, -0.05) is 24.1 Å². The van der Waals surface area contributed by atoms with Crippen LogP contribution in [0.25, 0.3) is 0 Å². The van der Waals surface area contributed by atoms with Crippen molar-refractivity contribution >= 4 is 17.6 Å². The van der Waals surface area contributed by atoms with Crippen molar-refractivity contribution in [1.29, 1.82) is 0 Å². The quantitative estimate of drug-likeness (QED) is 0.685. The number of rotatable bonds is 3. The predicted octanol–water partition coefficient (Wildman–Crippen LogP) is 3.30. The fraction of sp³-hybridized carbons (Fsp3) is 0.588. The molecule has 1 saturated carbocycles. The van der Waals surface area contributed by atoms with E-state index in [1.165, 1.54) is 25.7 Å². The van der Waals surface area contributed by atoms with Gasteiger partial charge in [0, 0.05) is 37.3 Å². The van der Waals surface area contributed by atoms with Gasteiger partial charge in [0.2, 0.25) is 0 Å². The van der Waals surface area contributed by atoms with Gasteiger partial charge in [-0.05, 0) is 36.8 Å². The summed E-state index contributed by atoms with van der Waals surface area (Å²) in [6.07, 6.45) is 5.46. The lowest BCUT2D eigenvalue weighted by Gasteiger charge is -2.38. The Kier molecular flexibility index (Phi) is 4.48. The summed E-state index contributed by atoms with van der Waals surface area (Å²) in [5.74, 6) is 1.80. The molecule has 1 spiro atoms. The van der Waals surface area contributed by atoms with E-state index in [4.69, 9.17) is 16.3 Å². The largest absolute Gasteiger partial charge is 0.496 e. The molecular formula is C17H24ClN3O. The molecule has 2 aliphatic rings. The van der Waals surface area contributed by atoms with Gasteiger partial charge < -0.3 is 15.0 Å². The number of nitrogens with zero attached hydrogens (tertiary/aromatic N) is 2. The molecule has 1 aromatic carbocycles. The van der Waals surface area contributed by atoms with E-state index in [0.29, 0.717) is 17.0 Å². The van der Waals surface area contributed by atoms with E-state index in [0.717, 1.165) is 30.4 Å². The van der Waals surface area contributed by atoms with Crippen LogP contribution in [0.1, 0.15) is 31.2 Å². The minimum atomic E-state index is 0.579. The van der Waals surface area contributed by atoms with Crippen LogP contribution in [0.3, 0.4) is 0 Å². The highest BCUT2D eigenvalue weighted by Gasteiger charge is 2.43. The first-order valence-corrected chi connectivity index (χ1v) is 8.32. The van der Waals surface area contributed by atoms with Crippen LogP contribution in [0.15, 0.2) is 23.2 Å². The van der Waals surface area contributed by atoms with Crippen molar-refractivity contribution in [2.45, 2.75) is 32.2 Å². The van der Waals surface area contributed by atoms with Gasteiger partial charge in [-0.25, -0.2) is 0 Å². The fourth-order valence-corrected chi connectivity index (χ4v) is 3.73. The molecule has 0 aromatic heterocycles. The van der Waals surface area contributed by atoms with Crippen LogP contribution in [-0.4, -0.2) is 38.1 Å². The summed E-state index contributed by atoms with van der Waals surface area (Å²) >= 11 is 6.01. The number of benzene rings is 1. The van der Waals surface area contributed by atoms with Crippen LogP contribution >= 0.6 is 11.6 Å². The average molecular weight is 322 g/mol. The molecule has 1 aliphatic heterocycles. The van der Waals surface area contributed by atoms with Crippen molar-refractivity contribution in [3.05, 3.63) is 28.8 Å². The number of halogens is 1. The van der Waals surface area contributed by atoms with Gasteiger partial charge in [0.05, 0.1) is 7.11 Å².